The highest BCUT2D eigenvalue weighted by atomic mass is 32.1. The summed E-state index contributed by atoms with van der Waals surface area (Å²) in [7, 11) is 0. The molecule has 0 atom stereocenters. The summed E-state index contributed by atoms with van der Waals surface area (Å²) in [4.78, 5) is 6.07. The van der Waals surface area contributed by atoms with E-state index >= 15 is 0 Å². The number of nitrogens with one attached hydrogen (secondary N) is 1. The molecule has 0 fully saturated rings. The fraction of sp³-hybridized carbons (Fsp3) is 0.200. The van der Waals surface area contributed by atoms with Gasteiger partial charge in [0.05, 0.1) is 12.1 Å². The normalized spacial score (nSPS) is 15.1. The number of amidine groups is 1. The number of aromatic nitrogens is 1. The van der Waals surface area contributed by atoms with Gasteiger partial charge < -0.3 is 15.1 Å². The summed E-state index contributed by atoms with van der Waals surface area (Å²) in [5.41, 5.74) is 3.01. The fourth-order valence-electron chi connectivity index (χ4n) is 2.42. The largest absolute Gasteiger partial charge is 0.510 e. The summed E-state index contributed by atoms with van der Waals surface area (Å²) < 4.78 is 0. The van der Waals surface area contributed by atoms with Gasteiger partial charge in [-0.1, -0.05) is 0 Å². The molecular weight excluding hydrogens is 286 g/mol. The average molecular weight is 301 g/mol. The van der Waals surface area contributed by atoms with E-state index < -0.39 is 0 Å². The van der Waals surface area contributed by atoms with Gasteiger partial charge >= 0.3 is 0 Å². The van der Waals surface area contributed by atoms with Gasteiger partial charge in [-0.05, 0) is 37.6 Å². The van der Waals surface area contributed by atoms with Gasteiger partial charge in [0.1, 0.15) is 22.4 Å². The second-order valence-corrected chi connectivity index (χ2v) is 5.88. The maximum Gasteiger partial charge on any atom is 0.139 e. The van der Waals surface area contributed by atoms with Crippen molar-refractivity contribution in [3.05, 3.63) is 45.6 Å². The number of benzene rings is 1. The lowest BCUT2D eigenvalue weighted by Crippen LogP contribution is -2.26. The SMILES string of the molecule is Cc1csc(C2=C(O)CN(c3ccc(O)cc3C)C2=N)n1. The van der Waals surface area contributed by atoms with Crippen molar-refractivity contribution < 1.29 is 10.2 Å². The number of aliphatic hydroxyl groups is 1. The first-order chi connectivity index (χ1) is 9.97. The number of aromatic hydroxyl groups is 1. The van der Waals surface area contributed by atoms with Crippen LogP contribution in [0.1, 0.15) is 16.3 Å². The molecule has 0 saturated heterocycles. The highest BCUT2D eigenvalue weighted by Crippen LogP contribution is 2.34. The molecule has 2 heterocycles. The predicted molar refractivity (Wildman–Crippen MR) is 84.3 cm³/mol. The summed E-state index contributed by atoms with van der Waals surface area (Å²) in [6.45, 7) is 4.00. The third-order valence-corrected chi connectivity index (χ3v) is 4.38. The molecule has 5 nitrogen and oxygen atoms in total. The second kappa shape index (κ2) is 4.89. The van der Waals surface area contributed by atoms with E-state index in [4.69, 9.17) is 5.41 Å². The number of rotatable bonds is 2. The van der Waals surface area contributed by atoms with E-state index in [-0.39, 0.29) is 23.9 Å². The topological polar surface area (TPSA) is 80.4 Å². The third-order valence-electron chi connectivity index (χ3n) is 3.41. The van der Waals surface area contributed by atoms with E-state index in [2.05, 4.69) is 4.98 Å². The lowest BCUT2D eigenvalue weighted by atomic mass is 10.1. The zero-order valence-corrected chi connectivity index (χ0v) is 12.5. The summed E-state index contributed by atoms with van der Waals surface area (Å²) in [5, 5.41) is 30.6. The first-order valence-electron chi connectivity index (χ1n) is 6.48. The van der Waals surface area contributed by atoms with Crippen molar-refractivity contribution in [1.29, 1.82) is 5.41 Å². The average Bonchev–Trinajstić information content (AvgIpc) is 2.94. The molecule has 0 unspecified atom stereocenters. The summed E-state index contributed by atoms with van der Waals surface area (Å²) >= 11 is 1.42. The van der Waals surface area contributed by atoms with Gasteiger partial charge in [0, 0.05) is 16.8 Å². The van der Waals surface area contributed by atoms with E-state index in [0.29, 0.717) is 10.6 Å². The number of hydrogen-bond donors (Lipinski definition) is 3. The van der Waals surface area contributed by atoms with Crippen molar-refractivity contribution >= 4 is 28.4 Å². The van der Waals surface area contributed by atoms with Crippen LogP contribution in [-0.2, 0) is 0 Å². The zero-order valence-electron chi connectivity index (χ0n) is 11.7. The molecule has 3 N–H and O–H groups in total. The Labute approximate surface area is 126 Å². The van der Waals surface area contributed by atoms with Crippen molar-refractivity contribution in [2.75, 3.05) is 11.4 Å². The Kier molecular flexibility index (Phi) is 3.17. The number of phenols is 1. The molecule has 21 heavy (non-hydrogen) atoms. The fourth-order valence-corrected chi connectivity index (χ4v) is 3.29. The summed E-state index contributed by atoms with van der Waals surface area (Å²) in [6.07, 6.45) is 0. The van der Waals surface area contributed by atoms with Gasteiger partial charge in [0.25, 0.3) is 0 Å². The number of thiazole rings is 1. The van der Waals surface area contributed by atoms with E-state index in [1.54, 1.807) is 23.1 Å². The van der Waals surface area contributed by atoms with E-state index in [1.807, 2.05) is 19.2 Å². The minimum atomic E-state index is 0.154. The van der Waals surface area contributed by atoms with E-state index in [0.717, 1.165) is 16.9 Å². The maximum atomic E-state index is 10.2. The van der Waals surface area contributed by atoms with Gasteiger partial charge in [0.2, 0.25) is 0 Å². The predicted octanol–water partition coefficient (Wildman–Crippen LogP) is 3.23. The Bertz CT molecular complexity index is 764. The number of aryl methyl sites for hydroxylation is 2. The van der Waals surface area contributed by atoms with Crippen LogP contribution >= 0.6 is 11.3 Å². The standard InChI is InChI=1S/C15H15N3O2S/c1-8-5-10(19)3-4-11(8)18-6-12(20)13(14(18)16)15-17-9(2)7-21-15/h3-5,7,16,19-20H,6H2,1-2H3. The molecule has 0 aliphatic carbocycles. The van der Waals surface area contributed by atoms with Gasteiger partial charge in [0.15, 0.2) is 0 Å². The summed E-state index contributed by atoms with van der Waals surface area (Å²) in [6, 6.07) is 4.98. The van der Waals surface area contributed by atoms with Gasteiger partial charge in [-0.25, -0.2) is 4.98 Å². The summed E-state index contributed by atoms with van der Waals surface area (Å²) in [5.74, 6) is 0.576. The van der Waals surface area contributed by atoms with E-state index in [1.165, 1.54) is 11.3 Å². The molecule has 0 amide bonds. The highest BCUT2D eigenvalue weighted by molar-refractivity contribution is 7.11. The highest BCUT2D eigenvalue weighted by Gasteiger charge is 2.31. The van der Waals surface area contributed by atoms with Gasteiger partial charge in [-0.2, -0.15) is 0 Å². The molecule has 6 heteroatoms. The molecule has 1 aromatic carbocycles. The van der Waals surface area contributed by atoms with Gasteiger partial charge in [-0.15, -0.1) is 11.3 Å². The second-order valence-electron chi connectivity index (χ2n) is 5.02. The van der Waals surface area contributed by atoms with Crippen molar-refractivity contribution in [2.24, 2.45) is 0 Å². The van der Waals surface area contributed by atoms with Crippen molar-refractivity contribution in [2.45, 2.75) is 13.8 Å². The first-order valence-corrected chi connectivity index (χ1v) is 7.36. The molecule has 3 rings (SSSR count). The molecule has 2 aromatic rings. The quantitative estimate of drug-likeness (QED) is 0.795. The lowest BCUT2D eigenvalue weighted by Gasteiger charge is -2.20. The van der Waals surface area contributed by atoms with Crippen LogP contribution in [0.25, 0.3) is 5.57 Å². The van der Waals surface area contributed by atoms with Crippen LogP contribution in [0, 0.1) is 19.3 Å². The van der Waals surface area contributed by atoms with Crippen LogP contribution in [0.5, 0.6) is 5.75 Å². The minimum Gasteiger partial charge on any atom is -0.510 e. The number of nitrogens with zero attached hydrogens (tertiary/aromatic N) is 2. The maximum absolute atomic E-state index is 10.2. The Morgan fingerprint density at radius 1 is 1.29 bits per heavy atom. The Morgan fingerprint density at radius 3 is 2.67 bits per heavy atom. The number of phenolic OH excluding ortho intramolecular Hbond substituents is 1. The van der Waals surface area contributed by atoms with Crippen molar-refractivity contribution in [3.8, 4) is 5.75 Å². The molecule has 0 bridgehead atoms. The third kappa shape index (κ3) is 2.27. The Balaban J connectivity index is 1.98. The van der Waals surface area contributed by atoms with Crippen LogP contribution in [0.4, 0.5) is 5.69 Å². The smallest absolute Gasteiger partial charge is 0.139 e. The van der Waals surface area contributed by atoms with Crippen molar-refractivity contribution in [3.63, 3.8) is 0 Å². The number of aliphatic hydroxyl groups excluding tert-OH is 1. The Morgan fingerprint density at radius 2 is 2.05 bits per heavy atom. The molecule has 0 radical (unpaired) electrons. The van der Waals surface area contributed by atoms with Crippen LogP contribution < -0.4 is 4.90 Å². The minimum absolute atomic E-state index is 0.154. The number of hydrogen-bond acceptors (Lipinski definition) is 5. The number of anilines is 1. The molecule has 1 aliphatic rings. The molecule has 1 aliphatic heterocycles. The van der Waals surface area contributed by atoms with Crippen LogP contribution in [0.3, 0.4) is 0 Å². The van der Waals surface area contributed by atoms with Gasteiger partial charge in [-0.3, -0.25) is 5.41 Å². The van der Waals surface area contributed by atoms with Crippen LogP contribution in [0.15, 0.2) is 29.3 Å². The molecule has 1 aromatic heterocycles. The van der Waals surface area contributed by atoms with Crippen LogP contribution in [0.2, 0.25) is 0 Å². The molecule has 108 valence electrons. The first kappa shape index (κ1) is 13.6. The molecular formula is C15H15N3O2S. The molecule has 0 spiro atoms. The molecule has 0 saturated carbocycles. The lowest BCUT2D eigenvalue weighted by molar-refractivity contribution is 0.411. The van der Waals surface area contributed by atoms with Crippen molar-refractivity contribution in [1.82, 2.24) is 4.98 Å². The monoisotopic (exact) mass is 301 g/mol. The van der Waals surface area contributed by atoms with E-state index in [9.17, 15) is 10.2 Å². The zero-order chi connectivity index (χ0) is 15.1. The van der Waals surface area contributed by atoms with Crippen LogP contribution in [-0.4, -0.2) is 27.6 Å². The Hall–Kier alpha value is -2.34.